The van der Waals surface area contributed by atoms with Crippen molar-refractivity contribution in [3.63, 3.8) is 0 Å². The van der Waals surface area contributed by atoms with Gasteiger partial charge in [0.1, 0.15) is 87.8 Å². The zero-order valence-electron chi connectivity index (χ0n) is 56.0. The van der Waals surface area contributed by atoms with Crippen molar-refractivity contribution in [1.29, 1.82) is 0 Å². The van der Waals surface area contributed by atoms with Crippen LogP contribution in [0.25, 0.3) is 100 Å². The number of nitrogens with zero attached hydrogens (tertiary/aromatic N) is 21. The van der Waals surface area contributed by atoms with Crippen LogP contribution < -0.4 is 31.8 Å². The third-order valence-corrected chi connectivity index (χ3v) is 31.1. The van der Waals surface area contributed by atoms with Crippen molar-refractivity contribution in [1.82, 2.24) is 90.0 Å². The lowest BCUT2D eigenvalue weighted by Crippen LogP contribution is -2.32. The standard InChI is InChI=1S/C78H60N21P3/c1-49-31-37-73(67(43-49)94-79-55-19-7-8-20-56(55)80-94)100(74-38-32-50(2)44-68(74)95-81-57-21-9-10-22-58(57)82-95)91-101(75-39-33-51(3)45-69(75)96-83-59-23-11-12-24-60(59)84-96,76-40-34-52(4)46-70(76)97-85-61-25-13-14-26-62(61)86-97)93-102(92-100,77-41-35-53(5)47-71(77)98-87-63-27-15-16-28-64(63)88-98)78-42-36-54(6)48-72(78)99-89-65-29-17-18-30-66(65)90-99/h7-48H,1-6H3. The van der Waals surface area contributed by atoms with Gasteiger partial charge in [-0.2, -0.15) is 0 Å². The molecule has 492 valence electrons. The van der Waals surface area contributed by atoms with Crippen LogP contribution in [-0.4, -0.2) is 90.0 Å². The fourth-order valence-electron chi connectivity index (χ4n) is 13.7. The smallest absolute Gasteiger partial charge is 0.142 e. The van der Waals surface area contributed by atoms with Gasteiger partial charge in [-0.3, -0.25) is 0 Å². The Morgan fingerprint density at radius 2 is 0.304 bits per heavy atom. The van der Waals surface area contributed by atoms with E-state index in [1.807, 2.05) is 146 Å². The number of benzene rings is 12. The first kappa shape index (κ1) is 60.9. The fourth-order valence-corrected chi connectivity index (χ4v) is 29.6. The monoisotopic (exact) mass is 1380 g/mol. The summed E-state index contributed by atoms with van der Waals surface area (Å²) in [6.45, 7) is 12.6. The van der Waals surface area contributed by atoms with E-state index < -0.39 is 21.6 Å². The lowest BCUT2D eigenvalue weighted by Gasteiger charge is -2.40. The van der Waals surface area contributed by atoms with Gasteiger partial charge in [0, 0.05) is 31.8 Å². The predicted molar refractivity (Wildman–Crippen MR) is 407 cm³/mol. The molecule has 18 aromatic rings. The van der Waals surface area contributed by atoms with E-state index in [4.69, 9.17) is 74.7 Å². The highest BCUT2D eigenvalue weighted by Gasteiger charge is 2.49. The summed E-state index contributed by atoms with van der Waals surface area (Å²) in [4.78, 5) is 10.6. The summed E-state index contributed by atoms with van der Waals surface area (Å²) >= 11 is 0. The highest BCUT2D eigenvalue weighted by atomic mass is 31.3. The van der Waals surface area contributed by atoms with Crippen LogP contribution in [-0.2, 0) is 0 Å². The van der Waals surface area contributed by atoms with Gasteiger partial charge < -0.3 is 0 Å². The first-order valence-corrected chi connectivity index (χ1v) is 38.4. The Bertz CT molecular complexity index is 5470. The highest BCUT2D eigenvalue weighted by Crippen LogP contribution is 2.78. The van der Waals surface area contributed by atoms with Crippen molar-refractivity contribution in [2.45, 2.75) is 41.5 Å². The topological polar surface area (TPSA) is 221 Å². The first-order chi connectivity index (χ1) is 49.8. The minimum absolute atomic E-state index is 0.650. The average Bonchev–Trinajstić information content (AvgIpc) is 0.889. The van der Waals surface area contributed by atoms with Crippen LogP contribution in [0, 0.1) is 41.5 Å². The Morgan fingerprint density at radius 1 is 0.176 bits per heavy atom. The Balaban J connectivity index is 1.13. The van der Waals surface area contributed by atoms with Crippen LogP contribution in [0.5, 0.6) is 0 Å². The molecule has 0 saturated carbocycles. The molecule has 0 bridgehead atoms. The van der Waals surface area contributed by atoms with E-state index in [1.54, 1.807) is 28.8 Å². The van der Waals surface area contributed by atoms with E-state index in [0.29, 0.717) is 100 Å². The first-order valence-electron chi connectivity index (χ1n) is 33.4. The zero-order chi connectivity index (χ0) is 68.6. The maximum absolute atomic E-state index is 7.13. The van der Waals surface area contributed by atoms with Gasteiger partial charge >= 0.3 is 0 Å². The van der Waals surface area contributed by atoms with E-state index in [0.717, 1.165) is 65.2 Å². The van der Waals surface area contributed by atoms with Gasteiger partial charge in [0.25, 0.3) is 0 Å². The van der Waals surface area contributed by atoms with Gasteiger partial charge in [-0.25, -0.2) is 13.5 Å². The molecular formula is C78H60N21P3. The van der Waals surface area contributed by atoms with E-state index in [-0.39, 0.29) is 0 Å². The minimum atomic E-state index is -4.28. The van der Waals surface area contributed by atoms with Gasteiger partial charge in [0.05, 0.1) is 34.1 Å². The molecule has 7 heterocycles. The second kappa shape index (κ2) is 23.4. The van der Waals surface area contributed by atoms with E-state index >= 15 is 0 Å². The number of rotatable bonds is 12. The normalized spacial score (nSPS) is 14.1. The van der Waals surface area contributed by atoms with Gasteiger partial charge in [0.15, 0.2) is 0 Å². The quantitative estimate of drug-likeness (QED) is 0.104. The van der Waals surface area contributed by atoms with Crippen LogP contribution in [0.15, 0.2) is 268 Å². The summed E-state index contributed by atoms with van der Waals surface area (Å²) in [7, 11) is -12.9. The predicted octanol–water partition coefficient (Wildman–Crippen LogP) is 14.6. The highest BCUT2D eigenvalue weighted by molar-refractivity contribution is 8.00. The summed E-state index contributed by atoms with van der Waals surface area (Å²) < 4.78 is 21.4. The summed E-state index contributed by atoms with van der Waals surface area (Å²) in [6.07, 6.45) is 0. The van der Waals surface area contributed by atoms with Crippen molar-refractivity contribution < 1.29 is 0 Å². The van der Waals surface area contributed by atoms with Crippen molar-refractivity contribution in [3.8, 4) is 34.1 Å². The van der Waals surface area contributed by atoms with E-state index in [2.05, 4.69) is 151 Å². The summed E-state index contributed by atoms with van der Waals surface area (Å²) in [5.41, 5.74) is 18.1. The molecule has 0 unspecified atom stereocenters. The summed E-state index contributed by atoms with van der Waals surface area (Å²) in [6, 6.07) is 86.6. The third kappa shape index (κ3) is 9.93. The van der Waals surface area contributed by atoms with Crippen molar-refractivity contribution in [2.24, 2.45) is 13.5 Å². The maximum atomic E-state index is 7.13. The molecule has 0 amide bonds. The molecule has 24 heteroatoms. The number of hydrogen-bond donors (Lipinski definition) is 0. The Kier molecular flexibility index (Phi) is 14.0. The molecule has 0 aliphatic carbocycles. The van der Waals surface area contributed by atoms with Gasteiger partial charge in [0.2, 0.25) is 0 Å². The molecule has 6 aromatic heterocycles. The lowest BCUT2D eigenvalue weighted by molar-refractivity contribution is 0.767. The van der Waals surface area contributed by atoms with Gasteiger partial charge in [-0.1, -0.05) is 109 Å². The van der Waals surface area contributed by atoms with Gasteiger partial charge in [-0.05, 0) is 221 Å². The van der Waals surface area contributed by atoms with Crippen LogP contribution in [0.1, 0.15) is 33.4 Å². The SMILES string of the molecule is Cc1ccc(P2(c3ccc(C)cc3-n3nc4ccccc4n3)=NP(c3ccc(C)cc3-n3nc4ccccc4n3)(c3ccc(C)cc3-n3nc4ccccc4n3)=NP(c3ccc(C)cc3-n3nc4ccccc4n3)(c3ccc(C)cc3-n3nc4ccccc4n3)=N2)c(-n2nc3ccccc3n2)c1. The summed E-state index contributed by atoms with van der Waals surface area (Å²) in [5.74, 6) is 0. The number of hydrogen-bond acceptors (Lipinski definition) is 15. The largest absolute Gasteiger partial charge is 0.223 e. The second-order valence-corrected chi connectivity index (χ2v) is 34.5. The van der Waals surface area contributed by atoms with Gasteiger partial charge in [-0.15, -0.1) is 90.0 Å². The molecule has 102 heavy (non-hydrogen) atoms. The molecule has 1 aliphatic rings. The molecule has 0 saturated heterocycles. The Labute approximate surface area is 583 Å². The van der Waals surface area contributed by atoms with Crippen LogP contribution in [0.4, 0.5) is 0 Å². The van der Waals surface area contributed by atoms with E-state index in [1.165, 1.54) is 0 Å². The maximum Gasteiger partial charge on any atom is 0.142 e. The number of aryl methyl sites for hydroxylation is 6. The molecule has 12 aromatic carbocycles. The number of fused-ring (bicyclic) bond motifs is 6. The zero-order valence-corrected chi connectivity index (χ0v) is 58.7. The molecule has 0 radical (unpaired) electrons. The minimum Gasteiger partial charge on any atom is -0.223 e. The molecule has 0 N–H and O–H groups in total. The summed E-state index contributed by atoms with van der Waals surface area (Å²) in [5, 5.41) is 69.1. The fraction of sp³-hybridized carbons (Fsp3) is 0.0769. The Hall–Kier alpha value is -12.3. The lowest BCUT2D eigenvalue weighted by atomic mass is 10.2. The second-order valence-electron chi connectivity index (χ2n) is 25.9. The molecule has 19 rings (SSSR count). The van der Waals surface area contributed by atoms with Crippen LogP contribution in [0.2, 0.25) is 0 Å². The van der Waals surface area contributed by atoms with Crippen molar-refractivity contribution >= 4 is 120 Å². The molecule has 21 nitrogen and oxygen atoms in total. The number of aromatic nitrogens is 18. The molecule has 0 atom stereocenters. The van der Waals surface area contributed by atoms with Crippen LogP contribution in [0.3, 0.4) is 0 Å². The average molecular weight is 1380 g/mol. The molecular weight excluding hydrogens is 1320 g/mol. The Morgan fingerprint density at radius 3 is 0.431 bits per heavy atom. The van der Waals surface area contributed by atoms with Crippen molar-refractivity contribution in [3.05, 3.63) is 288 Å². The molecule has 0 spiro atoms. The van der Waals surface area contributed by atoms with Crippen LogP contribution >= 0.6 is 21.6 Å². The van der Waals surface area contributed by atoms with E-state index in [9.17, 15) is 0 Å². The van der Waals surface area contributed by atoms with Crippen molar-refractivity contribution in [2.75, 3.05) is 0 Å². The molecule has 0 fully saturated rings. The third-order valence-electron chi connectivity index (χ3n) is 18.6. The molecule has 1 aliphatic heterocycles.